The number of amides is 1. The van der Waals surface area contributed by atoms with E-state index in [1.54, 1.807) is 13.0 Å². The molecule has 4 heteroatoms. The van der Waals surface area contributed by atoms with E-state index < -0.39 is 0 Å². The van der Waals surface area contributed by atoms with Crippen molar-refractivity contribution < 1.29 is 9.18 Å². The molecule has 0 heterocycles. The minimum atomic E-state index is -0.238. The highest BCUT2D eigenvalue weighted by Gasteiger charge is 2.10. The summed E-state index contributed by atoms with van der Waals surface area (Å²) in [7, 11) is 0. The van der Waals surface area contributed by atoms with Crippen molar-refractivity contribution in [2.45, 2.75) is 33.2 Å². The molecular formula is C14H21FN2O. The van der Waals surface area contributed by atoms with Gasteiger partial charge in [-0.1, -0.05) is 19.1 Å². The van der Waals surface area contributed by atoms with Gasteiger partial charge in [0, 0.05) is 0 Å². The lowest BCUT2D eigenvalue weighted by Crippen LogP contribution is -2.35. The molecule has 0 bridgehead atoms. The molecule has 18 heavy (non-hydrogen) atoms. The molecule has 0 aromatic heterocycles. The maximum absolute atomic E-state index is 13.4. The molecule has 0 radical (unpaired) electrons. The summed E-state index contributed by atoms with van der Waals surface area (Å²) in [6, 6.07) is 4.85. The Hall–Kier alpha value is -1.42. The lowest BCUT2D eigenvalue weighted by atomic mass is 10.1. The van der Waals surface area contributed by atoms with Gasteiger partial charge in [-0.05, 0) is 44.0 Å². The second-order valence-electron chi connectivity index (χ2n) is 4.47. The first-order chi connectivity index (χ1) is 8.54. The summed E-state index contributed by atoms with van der Waals surface area (Å²) in [4.78, 5) is 11.6. The van der Waals surface area contributed by atoms with Crippen LogP contribution in [0.15, 0.2) is 18.2 Å². The highest BCUT2D eigenvalue weighted by atomic mass is 19.1. The largest absolute Gasteiger partial charge is 0.348 e. The van der Waals surface area contributed by atoms with Crippen molar-refractivity contribution in [1.82, 2.24) is 10.6 Å². The molecule has 2 N–H and O–H groups in total. The molecule has 0 fully saturated rings. The van der Waals surface area contributed by atoms with E-state index in [4.69, 9.17) is 0 Å². The maximum atomic E-state index is 13.4. The smallest absolute Gasteiger partial charge is 0.234 e. The minimum Gasteiger partial charge on any atom is -0.348 e. The van der Waals surface area contributed by atoms with Gasteiger partial charge in [-0.15, -0.1) is 0 Å². The summed E-state index contributed by atoms with van der Waals surface area (Å²) < 4.78 is 13.4. The molecule has 0 spiro atoms. The normalized spacial score (nSPS) is 12.2. The first-order valence-corrected chi connectivity index (χ1v) is 6.30. The highest BCUT2D eigenvalue weighted by Crippen LogP contribution is 2.15. The molecule has 1 aromatic carbocycles. The van der Waals surface area contributed by atoms with Crippen molar-refractivity contribution in [1.29, 1.82) is 0 Å². The average molecular weight is 252 g/mol. The van der Waals surface area contributed by atoms with Gasteiger partial charge in [-0.2, -0.15) is 0 Å². The van der Waals surface area contributed by atoms with Crippen LogP contribution in [0.4, 0.5) is 4.39 Å². The minimum absolute atomic E-state index is 0.0723. The van der Waals surface area contributed by atoms with E-state index in [2.05, 4.69) is 10.6 Å². The number of carbonyl (C=O) groups is 1. The van der Waals surface area contributed by atoms with Gasteiger partial charge in [0.25, 0.3) is 0 Å². The maximum Gasteiger partial charge on any atom is 0.234 e. The van der Waals surface area contributed by atoms with Crippen molar-refractivity contribution >= 4 is 5.91 Å². The van der Waals surface area contributed by atoms with Crippen molar-refractivity contribution in [2.75, 3.05) is 13.1 Å². The fourth-order valence-corrected chi connectivity index (χ4v) is 1.63. The van der Waals surface area contributed by atoms with Crippen molar-refractivity contribution in [2.24, 2.45) is 0 Å². The fourth-order valence-electron chi connectivity index (χ4n) is 1.63. The second kappa shape index (κ2) is 7.11. The highest BCUT2D eigenvalue weighted by molar-refractivity contribution is 5.78. The Labute approximate surface area is 108 Å². The van der Waals surface area contributed by atoms with Gasteiger partial charge >= 0.3 is 0 Å². The molecule has 1 amide bonds. The molecule has 1 unspecified atom stereocenters. The summed E-state index contributed by atoms with van der Waals surface area (Å²) in [6.07, 6.45) is 0.992. The van der Waals surface area contributed by atoms with Gasteiger partial charge in [0.15, 0.2) is 0 Å². The third-order valence-corrected chi connectivity index (χ3v) is 2.79. The van der Waals surface area contributed by atoms with E-state index in [1.165, 1.54) is 6.07 Å². The number of halogens is 1. The van der Waals surface area contributed by atoms with Crippen LogP contribution in [0.3, 0.4) is 0 Å². The Morgan fingerprint density at radius 3 is 2.78 bits per heavy atom. The second-order valence-corrected chi connectivity index (χ2v) is 4.47. The Morgan fingerprint density at radius 2 is 2.17 bits per heavy atom. The van der Waals surface area contributed by atoms with Gasteiger partial charge in [0.2, 0.25) is 5.91 Å². The van der Waals surface area contributed by atoms with Crippen molar-refractivity contribution in [3.63, 3.8) is 0 Å². The summed E-state index contributed by atoms with van der Waals surface area (Å²) in [5.41, 5.74) is 1.39. The van der Waals surface area contributed by atoms with E-state index in [9.17, 15) is 9.18 Å². The zero-order valence-corrected chi connectivity index (χ0v) is 11.2. The van der Waals surface area contributed by atoms with Crippen LogP contribution in [0, 0.1) is 12.7 Å². The van der Waals surface area contributed by atoms with E-state index in [0.717, 1.165) is 18.5 Å². The Morgan fingerprint density at radius 1 is 1.44 bits per heavy atom. The zero-order chi connectivity index (χ0) is 13.5. The fraction of sp³-hybridized carbons (Fsp3) is 0.500. The van der Waals surface area contributed by atoms with Crippen LogP contribution in [0.2, 0.25) is 0 Å². The standard InChI is InChI=1S/C14H21FN2O/c1-4-7-16-9-14(18)17-11(3)12-6-5-10(2)13(15)8-12/h5-6,8,11,16H,4,7,9H2,1-3H3,(H,17,18). The van der Waals surface area contributed by atoms with Crippen molar-refractivity contribution in [3.05, 3.63) is 35.1 Å². The van der Waals surface area contributed by atoms with Gasteiger partial charge in [0.1, 0.15) is 5.82 Å². The van der Waals surface area contributed by atoms with Crippen LogP contribution in [0.1, 0.15) is 37.4 Å². The van der Waals surface area contributed by atoms with E-state index in [-0.39, 0.29) is 17.8 Å². The molecule has 0 saturated carbocycles. The number of hydrogen-bond acceptors (Lipinski definition) is 2. The number of benzene rings is 1. The Bertz CT molecular complexity index is 407. The molecule has 1 atom stereocenters. The summed E-state index contributed by atoms with van der Waals surface area (Å²) in [5.74, 6) is -0.311. The molecule has 0 aliphatic carbocycles. The van der Waals surface area contributed by atoms with Crippen LogP contribution < -0.4 is 10.6 Å². The van der Waals surface area contributed by atoms with Gasteiger partial charge in [-0.25, -0.2) is 4.39 Å². The number of carbonyl (C=O) groups excluding carboxylic acids is 1. The van der Waals surface area contributed by atoms with Crippen LogP contribution >= 0.6 is 0 Å². The number of nitrogens with one attached hydrogen (secondary N) is 2. The van der Waals surface area contributed by atoms with E-state index in [1.807, 2.05) is 19.9 Å². The molecule has 0 aliphatic rings. The predicted octanol–water partition coefficient (Wildman–Crippen LogP) is 2.31. The lowest BCUT2D eigenvalue weighted by molar-refractivity contribution is -0.120. The van der Waals surface area contributed by atoms with Crippen LogP contribution in [-0.2, 0) is 4.79 Å². The van der Waals surface area contributed by atoms with Crippen LogP contribution in [-0.4, -0.2) is 19.0 Å². The van der Waals surface area contributed by atoms with Crippen LogP contribution in [0.5, 0.6) is 0 Å². The lowest BCUT2D eigenvalue weighted by Gasteiger charge is -2.15. The summed E-state index contributed by atoms with van der Waals surface area (Å²) in [5, 5.41) is 5.86. The number of rotatable bonds is 6. The Kier molecular flexibility index (Phi) is 5.78. The molecular weight excluding hydrogens is 231 g/mol. The number of hydrogen-bond donors (Lipinski definition) is 2. The molecule has 1 rings (SSSR count). The predicted molar refractivity (Wildman–Crippen MR) is 70.9 cm³/mol. The monoisotopic (exact) mass is 252 g/mol. The van der Waals surface area contributed by atoms with Crippen molar-refractivity contribution in [3.8, 4) is 0 Å². The van der Waals surface area contributed by atoms with Gasteiger partial charge in [-0.3, -0.25) is 4.79 Å². The topological polar surface area (TPSA) is 41.1 Å². The van der Waals surface area contributed by atoms with Gasteiger partial charge in [0.05, 0.1) is 12.6 Å². The van der Waals surface area contributed by atoms with Gasteiger partial charge < -0.3 is 10.6 Å². The third kappa shape index (κ3) is 4.45. The van der Waals surface area contributed by atoms with Crippen LogP contribution in [0.25, 0.3) is 0 Å². The average Bonchev–Trinajstić information content (AvgIpc) is 2.33. The van der Waals surface area contributed by atoms with E-state index >= 15 is 0 Å². The summed E-state index contributed by atoms with van der Waals surface area (Å²) >= 11 is 0. The molecule has 0 aliphatic heterocycles. The Balaban J connectivity index is 2.51. The quantitative estimate of drug-likeness (QED) is 0.763. The number of aryl methyl sites for hydroxylation is 1. The van der Waals surface area contributed by atoms with E-state index in [0.29, 0.717) is 12.1 Å². The molecule has 0 saturated heterocycles. The molecule has 3 nitrogen and oxygen atoms in total. The molecule has 100 valence electrons. The summed E-state index contributed by atoms with van der Waals surface area (Å²) in [6.45, 7) is 6.73. The third-order valence-electron chi connectivity index (χ3n) is 2.79. The SMILES string of the molecule is CCCNCC(=O)NC(C)c1ccc(C)c(F)c1. The first-order valence-electron chi connectivity index (χ1n) is 6.30. The molecule has 1 aromatic rings. The first kappa shape index (κ1) is 14.6. The zero-order valence-electron chi connectivity index (χ0n) is 11.2.